The minimum atomic E-state index is -0.0258. The van der Waals surface area contributed by atoms with Crippen molar-refractivity contribution in [1.82, 2.24) is 14.8 Å². The summed E-state index contributed by atoms with van der Waals surface area (Å²) in [6.07, 6.45) is 1.67. The lowest BCUT2D eigenvalue weighted by atomic mass is 10.2. The summed E-state index contributed by atoms with van der Waals surface area (Å²) in [7, 11) is 1.79. The fourth-order valence-corrected chi connectivity index (χ4v) is 3.27. The molecule has 0 fully saturated rings. The van der Waals surface area contributed by atoms with E-state index in [4.69, 9.17) is 4.42 Å². The summed E-state index contributed by atoms with van der Waals surface area (Å²) in [5.74, 6) is 1.03. The van der Waals surface area contributed by atoms with E-state index < -0.39 is 0 Å². The second-order valence-electron chi connectivity index (χ2n) is 6.71. The van der Waals surface area contributed by atoms with Gasteiger partial charge >= 0.3 is 0 Å². The van der Waals surface area contributed by atoms with Gasteiger partial charge in [-0.3, -0.25) is 4.79 Å². The molecule has 0 saturated heterocycles. The Bertz CT molecular complexity index is 1100. The van der Waals surface area contributed by atoms with Crippen molar-refractivity contribution >= 4 is 22.5 Å². The van der Waals surface area contributed by atoms with Crippen LogP contribution in [0, 0.1) is 0 Å². The Kier molecular flexibility index (Phi) is 4.93. The second-order valence-corrected chi connectivity index (χ2v) is 6.71. The Labute approximate surface area is 163 Å². The molecule has 0 saturated carbocycles. The summed E-state index contributed by atoms with van der Waals surface area (Å²) in [6, 6.07) is 19.6. The summed E-state index contributed by atoms with van der Waals surface area (Å²) in [6.45, 7) is 2.25. The third-order valence-corrected chi connectivity index (χ3v) is 4.77. The number of nitrogens with zero attached hydrogens (tertiary/aromatic N) is 4. The number of amides is 1. The maximum Gasteiger partial charge on any atom is 0.264 e. The van der Waals surface area contributed by atoms with Gasteiger partial charge in [0.15, 0.2) is 0 Å². The van der Waals surface area contributed by atoms with Crippen molar-refractivity contribution in [1.29, 1.82) is 0 Å². The van der Waals surface area contributed by atoms with E-state index in [1.807, 2.05) is 65.2 Å². The number of carbonyl (C=O) groups is 1. The van der Waals surface area contributed by atoms with Crippen LogP contribution in [0.2, 0.25) is 0 Å². The highest BCUT2D eigenvalue weighted by molar-refractivity contribution is 5.95. The monoisotopic (exact) mass is 374 g/mol. The molecule has 4 rings (SSSR count). The predicted molar refractivity (Wildman–Crippen MR) is 109 cm³/mol. The summed E-state index contributed by atoms with van der Waals surface area (Å²) >= 11 is 0. The Balaban J connectivity index is 1.71. The Hall–Kier alpha value is -3.41. The summed E-state index contributed by atoms with van der Waals surface area (Å²) in [4.78, 5) is 14.6. The number of rotatable bonds is 6. The first-order valence-corrected chi connectivity index (χ1v) is 9.40. The van der Waals surface area contributed by atoms with E-state index in [1.165, 1.54) is 0 Å². The zero-order valence-electron chi connectivity index (χ0n) is 16.0. The largest absolute Gasteiger partial charge is 0.419 e. The summed E-state index contributed by atoms with van der Waals surface area (Å²) in [5, 5.41) is 9.37. The third kappa shape index (κ3) is 3.41. The highest BCUT2D eigenvalue weighted by Gasteiger charge is 2.20. The van der Waals surface area contributed by atoms with Gasteiger partial charge in [-0.25, -0.2) is 0 Å². The maximum absolute atomic E-state index is 13.0. The van der Waals surface area contributed by atoms with Crippen molar-refractivity contribution in [3.63, 3.8) is 0 Å². The van der Waals surface area contributed by atoms with Crippen LogP contribution in [0.3, 0.4) is 0 Å². The van der Waals surface area contributed by atoms with Gasteiger partial charge < -0.3 is 13.9 Å². The standard InChI is InChI=1S/C22H22N4O2/c1-3-9-20-23-24-22(28-20)19-14-16-10-7-8-13-18(16)26(19)15-21(27)25(2)17-11-5-4-6-12-17/h4-8,10-14H,3,9,15H2,1-2H3. The van der Waals surface area contributed by atoms with Gasteiger partial charge in [0.05, 0.1) is 0 Å². The molecule has 2 heterocycles. The van der Waals surface area contributed by atoms with Gasteiger partial charge in [0.1, 0.15) is 12.2 Å². The quantitative estimate of drug-likeness (QED) is 0.505. The van der Waals surface area contributed by atoms with Crippen LogP contribution in [-0.4, -0.2) is 27.7 Å². The zero-order valence-corrected chi connectivity index (χ0v) is 16.0. The molecular formula is C22H22N4O2. The molecule has 0 N–H and O–H groups in total. The van der Waals surface area contributed by atoms with Gasteiger partial charge in [-0.15, -0.1) is 10.2 Å². The molecule has 0 atom stereocenters. The average molecular weight is 374 g/mol. The van der Waals surface area contributed by atoms with Gasteiger partial charge in [-0.1, -0.05) is 43.3 Å². The van der Waals surface area contributed by atoms with Crippen LogP contribution in [0.15, 0.2) is 65.1 Å². The molecule has 0 aliphatic heterocycles. The van der Waals surface area contributed by atoms with Gasteiger partial charge in [0, 0.05) is 30.1 Å². The predicted octanol–water partition coefficient (Wildman–Crippen LogP) is 4.31. The van der Waals surface area contributed by atoms with E-state index >= 15 is 0 Å². The number of aryl methyl sites for hydroxylation is 1. The van der Waals surface area contributed by atoms with E-state index in [2.05, 4.69) is 17.1 Å². The van der Waals surface area contributed by atoms with Crippen LogP contribution >= 0.6 is 0 Å². The van der Waals surface area contributed by atoms with Crippen LogP contribution in [-0.2, 0) is 17.8 Å². The number of anilines is 1. The number of benzene rings is 2. The lowest BCUT2D eigenvalue weighted by Gasteiger charge is -2.18. The molecule has 0 aliphatic carbocycles. The van der Waals surface area contributed by atoms with E-state index in [9.17, 15) is 4.79 Å². The Morgan fingerprint density at radius 2 is 1.82 bits per heavy atom. The second kappa shape index (κ2) is 7.68. The third-order valence-electron chi connectivity index (χ3n) is 4.77. The molecule has 0 aliphatic rings. The number of likely N-dealkylation sites (N-methyl/N-ethyl adjacent to an activating group) is 1. The molecule has 1 amide bonds. The lowest BCUT2D eigenvalue weighted by Crippen LogP contribution is -2.30. The van der Waals surface area contributed by atoms with Crippen molar-refractivity contribution in [2.45, 2.75) is 26.3 Å². The number of fused-ring (bicyclic) bond motifs is 1. The number of para-hydroxylation sites is 2. The maximum atomic E-state index is 13.0. The van der Waals surface area contributed by atoms with E-state index in [0.29, 0.717) is 11.8 Å². The fourth-order valence-electron chi connectivity index (χ4n) is 3.27. The van der Waals surface area contributed by atoms with E-state index in [1.54, 1.807) is 11.9 Å². The number of aromatic nitrogens is 3. The zero-order chi connectivity index (χ0) is 19.5. The molecule has 0 bridgehead atoms. The SMILES string of the molecule is CCCc1nnc(-c2cc3ccccc3n2CC(=O)N(C)c2ccccc2)o1. The normalized spacial score (nSPS) is 11.1. The highest BCUT2D eigenvalue weighted by Crippen LogP contribution is 2.28. The Morgan fingerprint density at radius 3 is 2.61 bits per heavy atom. The molecule has 28 heavy (non-hydrogen) atoms. The van der Waals surface area contributed by atoms with Gasteiger partial charge in [-0.05, 0) is 30.7 Å². The van der Waals surface area contributed by atoms with Crippen molar-refractivity contribution in [3.8, 4) is 11.6 Å². The number of hydrogen-bond acceptors (Lipinski definition) is 4. The number of carbonyl (C=O) groups excluding carboxylic acids is 1. The first-order chi connectivity index (χ1) is 13.7. The van der Waals surface area contributed by atoms with Gasteiger partial charge in [0.25, 0.3) is 5.89 Å². The summed E-state index contributed by atoms with van der Waals surface area (Å²) < 4.78 is 7.78. The van der Waals surface area contributed by atoms with Gasteiger partial charge in [0.2, 0.25) is 11.8 Å². The minimum Gasteiger partial charge on any atom is -0.419 e. The molecule has 2 aromatic heterocycles. The highest BCUT2D eigenvalue weighted by atomic mass is 16.4. The number of hydrogen-bond donors (Lipinski definition) is 0. The average Bonchev–Trinajstić information content (AvgIpc) is 3.33. The topological polar surface area (TPSA) is 64.2 Å². The molecule has 0 unspecified atom stereocenters. The molecule has 142 valence electrons. The van der Waals surface area contributed by atoms with Crippen LogP contribution in [0.25, 0.3) is 22.5 Å². The van der Waals surface area contributed by atoms with E-state index in [-0.39, 0.29) is 12.5 Å². The lowest BCUT2D eigenvalue weighted by molar-refractivity contribution is -0.118. The fraction of sp³-hybridized carbons (Fsp3) is 0.227. The van der Waals surface area contributed by atoms with Crippen LogP contribution in [0.5, 0.6) is 0 Å². The van der Waals surface area contributed by atoms with Crippen molar-refractivity contribution in [2.24, 2.45) is 0 Å². The molecule has 4 aromatic rings. The Morgan fingerprint density at radius 1 is 1.07 bits per heavy atom. The van der Waals surface area contributed by atoms with Crippen molar-refractivity contribution in [2.75, 3.05) is 11.9 Å². The molecule has 6 heteroatoms. The smallest absolute Gasteiger partial charge is 0.264 e. The first kappa shape index (κ1) is 18.0. The van der Waals surface area contributed by atoms with Crippen molar-refractivity contribution in [3.05, 3.63) is 66.6 Å². The molecule has 2 aromatic carbocycles. The first-order valence-electron chi connectivity index (χ1n) is 9.40. The van der Waals surface area contributed by atoms with Gasteiger partial charge in [-0.2, -0.15) is 0 Å². The molecular weight excluding hydrogens is 352 g/mol. The van der Waals surface area contributed by atoms with Crippen LogP contribution in [0.1, 0.15) is 19.2 Å². The molecule has 0 spiro atoms. The molecule has 0 radical (unpaired) electrons. The van der Waals surface area contributed by atoms with Crippen LogP contribution in [0.4, 0.5) is 5.69 Å². The molecule has 6 nitrogen and oxygen atoms in total. The van der Waals surface area contributed by atoms with E-state index in [0.717, 1.165) is 35.1 Å². The summed E-state index contributed by atoms with van der Waals surface area (Å²) in [5.41, 5.74) is 2.57. The van der Waals surface area contributed by atoms with Crippen LogP contribution < -0.4 is 4.90 Å². The van der Waals surface area contributed by atoms with Crippen molar-refractivity contribution < 1.29 is 9.21 Å². The minimum absolute atomic E-state index is 0.0258.